The summed E-state index contributed by atoms with van der Waals surface area (Å²) in [6.07, 6.45) is 60.5. The molecule has 6 atom stereocenters. The van der Waals surface area contributed by atoms with Crippen LogP contribution >= 0.6 is 15.6 Å². The average molecular weight is 1390 g/mol. The second-order valence-corrected chi connectivity index (χ2v) is 29.9. The molecule has 3 unspecified atom stereocenters. The molecule has 0 aromatic heterocycles. The largest absolute Gasteiger partial charge is 0.472 e. The van der Waals surface area contributed by atoms with Gasteiger partial charge in [-0.1, -0.05) is 322 Å². The molecule has 0 heterocycles. The number of esters is 4. The van der Waals surface area contributed by atoms with E-state index in [0.29, 0.717) is 25.7 Å². The highest BCUT2D eigenvalue weighted by Gasteiger charge is 2.30. The van der Waals surface area contributed by atoms with E-state index in [1.807, 2.05) is 0 Å². The number of aliphatic hydroxyl groups excluding tert-OH is 1. The van der Waals surface area contributed by atoms with Crippen molar-refractivity contribution in [2.24, 2.45) is 5.92 Å². The van der Waals surface area contributed by atoms with E-state index in [-0.39, 0.29) is 25.7 Å². The molecule has 0 aromatic carbocycles. The van der Waals surface area contributed by atoms with Crippen LogP contribution in [0.3, 0.4) is 0 Å². The first-order chi connectivity index (χ1) is 46.1. The Kier molecular flexibility index (Phi) is 66.9. The molecule has 0 aromatic rings. The molecule has 0 saturated heterocycles. The Balaban J connectivity index is 5.23. The molecular weight excluding hydrogens is 1250 g/mol. The summed E-state index contributed by atoms with van der Waals surface area (Å²) >= 11 is 0. The molecule has 0 amide bonds. The van der Waals surface area contributed by atoms with Crippen LogP contribution in [0.5, 0.6) is 0 Å². The quantitative estimate of drug-likeness (QED) is 0.0169. The first kappa shape index (κ1) is 92.5. The second-order valence-electron chi connectivity index (χ2n) is 26.9. The van der Waals surface area contributed by atoms with Crippen molar-refractivity contribution in [3.8, 4) is 0 Å². The third kappa shape index (κ3) is 68.5. The Morgan fingerprint density at radius 2 is 0.589 bits per heavy atom. The highest BCUT2D eigenvalue weighted by molar-refractivity contribution is 7.47. The fraction of sp³-hybridized carbons (Fsp3) is 0.895. The summed E-state index contributed by atoms with van der Waals surface area (Å²) in [6, 6.07) is 0. The zero-order valence-electron chi connectivity index (χ0n) is 61.3. The molecule has 19 heteroatoms. The number of carbonyl (C=O) groups excluding carboxylic acids is 4. The lowest BCUT2D eigenvalue weighted by atomic mass is 9.99. The summed E-state index contributed by atoms with van der Waals surface area (Å²) in [5, 5.41) is 10.6. The Morgan fingerprint density at radius 1 is 0.337 bits per heavy atom. The van der Waals surface area contributed by atoms with Crippen molar-refractivity contribution in [3.05, 3.63) is 24.3 Å². The minimum Gasteiger partial charge on any atom is -0.462 e. The third-order valence-corrected chi connectivity index (χ3v) is 19.4. The Labute approximate surface area is 580 Å². The highest BCUT2D eigenvalue weighted by Crippen LogP contribution is 2.45. The zero-order chi connectivity index (χ0) is 69.8. The summed E-state index contributed by atoms with van der Waals surface area (Å²) in [4.78, 5) is 72.6. The summed E-state index contributed by atoms with van der Waals surface area (Å²) in [7, 11) is -9.92. The summed E-state index contributed by atoms with van der Waals surface area (Å²) < 4.78 is 68.4. The number of ether oxygens (including phenoxy) is 4. The number of unbranched alkanes of at least 4 members (excludes halogenated alkanes) is 42. The maximum atomic E-state index is 13.1. The van der Waals surface area contributed by atoms with Gasteiger partial charge in [-0.05, 0) is 57.3 Å². The smallest absolute Gasteiger partial charge is 0.462 e. The van der Waals surface area contributed by atoms with E-state index in [1.54, 1.807) is 0 Å². The van der Waals surface area contributed by atoms with Crippen LogP contribution in [0.25, 0.3) is 0 Å². The molecule has 0 aliphatic heterocycles. The topological polar surface area (TPSA) is 237 Å². The van der Waals surface area contributed by atoms with Crippen LogP contribution in [0.2, 0.25) is 0 Å². The number of phosphoric acid groups is 2. The minimum absolute atomic E-state index is 0.102. The fourth-order valence-electron chi connectivity index (χ4n) is 11.1. The van der Waals surface area contributed by atoms with Gasteiger partial charge in [0.1, 0.15) is 19.3 Å². The number of carbonyl (C=O) groups is 4. The van der Waals surface area contributed by atoms with E-state index >= 15 is 0 Å². The molecule has 560 valence electrons. The van der Waals surface area contributed by atoms with Crippen LogP contribution in [-0.2, 0) is 65.4 Å². The van der Waals surface area contributed by atoms with Gasteiger partial charge in [0.2, 0.25) is 0 Å². The summed E-state index contributed by atoms with van der Waals surface area (Å²) in [5.41, 5.74) is 0. The van der Waals surface area contributed by atoms with E-state index < -0.39 is 97.5 Å². The monoisotopic (exact) mass is 1390 g/mol. The molecule has 0 radical (unpaired) electrons. The number of hydrogen-bond acceptors (Lipinski definition) is 15. The predicted octanol–water partition coefficient (Wildman–Crippen LogP) is 22.0. The van der Waals surface area contributed by atoms with Crippen LogP contribution in [0, 0.1) is 5.92 Å². The predicted molar refractivity (Wildman–Crippen MR) is 386 cm³/mol. The maximum absolute atomic E-state index is 13.1. The molecule has 0 spiro atoms. The van der Waals surface area contributed by atoms with Gasteiger partial charge in [-0.2, -0.15) is 0 Å². The van der Waals surface area contributed by atoms with E-state index in [9.17, 15) is 43.2 Å². The molecule has 0 aliphatic rings. The van der Waals surface area contributed by atoms with Gasteiger partial charge in [0.05, 0.1) is 26.4 Å². The normalized spacial score (nSPS) is 14.4. The molecule has 3 N–H and O–H groups in total. The van der Waals surface area contributed by atoms with Crippen molar-refractivity contribution in [2.45, 2.75) is 393 Å². The zero-order valence-corrected chi connectivity index (χ0v) is 63.1. The van der Waals surface area contributed by atoms with Crippen molar-refractivity contribution < 1.29 is 80.2 Å². The molecule has 0 bridgehead atoms. The van der Waals surface area contributed by atoms with E-state index in [2.05, 4.69) is 58.9 Å². The van der Waals surface area contributed by atoms with Crippen LogP contribution in [0.1, 0.15) is 375 Å². The van der Waals surface area contributed by atoms with Gasteiger partial charge in [0.25, 0.3) is 0 Å². The van der Waals surface area contributed by atoms with Crippen molar-refractivity contribution in [1.29, 1.82) is 0 Å². The second kappa shape index (κ2) is 68.7. The number of phosphoric ester groups is 2. The molecule has 0 aliphatic carbocycles. The van der Waals surface area contributed by atoms with Crippen LogP contribution < -0.4 is 0 Å². The highest BCUT2D eigenvalue weighted by atomic mass is 31.2. The first-order valence-electron chi connectivity index (χ1n) is 39.0. The van der Waals surface area contributed by atoms with Crippen molar-refractivity contribution >= 4 is 39.5 Å². The SMILES string of the molecule is CCCCCC/C=C\C=C/CCCCCCCC(=O)OC[C@H](COP(=O)(O)OC[C@@H](O)COP(=O)(O)OC[C@@H](COC(=O)CCCCCCCCC)OC(=O)CCCCCCCCCCCCC(C)CC)OC(=O)CCCCCCCCCCCCCCCCCCCCC. The Bertz CT molecular complexity index is 1920. The fourth-order valence-corrected chi connectivity index (χ4v) is 12.7. The number of rotatable bonds is 74. The molecule has 0 rings (SSSR count). The van der Waals surface area contributed by atoms with Gasteiger partial charge in [0.15, 0.2) is 12.2 Å². The summed E-state index contributed by atoms with van der Waals surface area (Å²) in [5.74, 6) is -1.35. The minimum atomic E-state index is -4.96. The van der Waals surface area contributed by atoms with Crippen molar-refractivity contribution in [3.63, 3.8) is 0 Å². The molecule has 95 heavy (non-hydrogen) atoms. The average Bonchev–Trinajstić information content (AvgIpc) is 3.65. The van der Waals surface area contributed by atoms with Crippen LogP contribution in [0.15, 0.2) is 24.3 Å². The number of aliphatic hydroxyl groups is 1. The molecule has 0 saturated carbocycles. The number of hydrogen-bond donors (Lipinski definition) is 3. The maximum Gasteiger partial charge on any atom is 0.472 e. The lowest BCUT2D eigenvalue weighted by Crippen LogP contribution is -2.30. The standard InChI is InChI=1S/C76H144O17P2/c1-6-10-13-16-19-21-23-25-27-28-29-30-32-34-36-41-46-51-56-61-75(80)93-72(66-87-74(79)60-55-50-45-40-35-33-31-26-24-22-20-17-14-11-7-2)68-91-95(84,85)89-64-70(77)63-88-94(82,83)90-67-71(65-86-73(78)59-54-49-43-18-15-12-8-3)92-76(81)62-57-52-47-42-38-37-39-44-48-53-58-69(5)9-4/h22,24,26,31,69-72,77H,6-21,23,25,27-30,32-68H2,1-5H3,(H,82,83)(H,84,85)/b24-22-,31-26-/t69?,70-,71+,72+/m0/s1. The lowest BCUT2D eigenvalue weighted by molar-refractivity contribution is -0.161. The molecule has 0 fully saturated rings. The van der Waals surface area contributed by atoms with E-state index in [1.165, 1.54) is 167 Å². The molecule has 17 nitrogen and oxygen atoms in total. The Morgan fingerprint density at radius 3 is 0.895 bits per heavy atom. The summed E-state index contributed by atoms with van der Waals surface area (Å²) in [6.45, 7) is 7.21. The van der Waals surface area contributed by atoms with Crippen LogP contribution in [0.4, 0.5) is 0 Å². The van der Waals surface area contributed by atoms with Crippen molar-refractivity contribution in [2.75, 3.05) is 39.6 Å². The number of allylic oxidation sites excluding steroid dienone is 4. The Hall–Kier alpha value is -2.46. The van der Waals surface area contributed by atoms with Gasteiger partial charge >= 0.3 is 39.5 Å². The van der Waals surface area contributed by atoms with Gasteiger partial charge < -0.3 is 33.8 Å². The third-order valence-electron chi connectivity index (χ3n) is 17.5. The van der Waals surface area contributed by atoms with Gasteiger partial charge in [-0.3, -0.25) is 37.3 Å². The first-order valence-corrected chi connectivity index (χ1v) is 42.0. The van der Waals surface area contributed by atoms with Crippen LogP contribution in [-0.4, -0.2) is 96.7 Å². The van der Waals surface area contributed by atoms with Gasteiger partial charge in [-0.25, -0.2) is 9.13 Å². The molecular formula is C76H144O17P2. The lowest BCUT2D eigenvalue weighted by Gasteiger charge is -2.21. The van der Waals surface area contributed by atoms with Gasteiger partial charge in [0, 0.05) is 25.7 Å². The van der Waals surface area contributed by atoms with Gasteiger partial charge in [-0.15, -0.1) is 0 Å². The van der Waals surface area contributed by atoms with E-state index in [4.69, 9.17) is 37.0 Å². The van der Waals surface area contributed by atoms with Crippen molar-refractivity contribution in [1.82, 2.24) is 0 Å². The van der Waals surface area contributed by atoms with E-state index in [0.717, 1.165) is 128 Å².